The maximum Gasteiger partial charge on any atom is 0.0994 e. The molecule has 0 aliphatic rings. The molecule has 0 saturated heterocycles. The summed E-state index contributed by atoms with van der Waals surface area (Å²) in [6.07, 6.45) is 0. The molecule has 2 rings (SSSR count). The van der Waals surface area contributed by atoms with Gasteiger partial charge in [0, 0.05) is 16.7 Å². The van der Waals surface area contributed by atoms with Gasteiger partial charge in [0.15, 0.2) is 0 Å². The molecule has 1 atom stereocenters. The van der Waals surface area contributed by atoms with Gasteiger partial charge in [-0.1, -0.05) is 37.3 Å². The van der Waals surface area contributed by atoms with Gasteiger partial charge in [0.1, 0.15) is 0 Å². The van der Waals surface area contributed by atoms with Crippen LogP contribution >= 0.6 is 11.8 Å². The Morgan fingerprint density at radius 1 is 1.14 bits per heavy atom. The van der Waals surface area contributed by atoms with Crippen molar-refractivity contribution in [3.8, 4) is 6.07 Å². The number of nitrogens with one attached hydrogen (secondary N) is 1. The fourth-order valence-electron chi connectivity index (χ4n) is 2.19. The van der Waals surface area contributed by atoms with E-state index in [-0.39, 0.29) is 0 Å². The lowest BCUT2D eigenvalue weighted by atomic mass is 10.1. The van der Waals surface area contributed by atoms with Gasteiger partial charge in [0.2, 0.25) is 0 Å². The molecule has 21 heavy (non-hydrogen) atoms. The molecular formula is C18H20N2S. The molecule has 0 saturated carbocycles. The largest absolute Gasteiger partial charge is 0.310 e. The predicted molar refractivity (Wildman–Crippen MR) is 89.3 cm³/mol. The van der Waals surface area contributed by atoms with Crippen molar-refractivity contribution in [2.75, 3.05) is 6.54 Å². The molecule has 1 unspecified atom stereocenters. The van der Waals surface area contributed by atoms with Crippen molar-refractivity contribution in [3.63, 3.8) is 0 Å². The van der Waals surface area contributed by atoms with Crippen LogP contribution in [0, 0.1) is 11.3 Å². The SMILES string of the molecule is CCNC(C)c1ccc(SCc2ccccc2C#N)cc1. The third kappa shape index (κ3) is 4.35. The molecule has 0 spiro atoms. The molecule has 2 nitrogen and oxygen atoms in total. The quantitative estimate of drug-likeness (QED) is 0.796. The average molecular weight is 296 g/mol. The molecule has 0 heterocycles. The second kappa shape index (κ2) is 7.87. The molecule has 2 aromatic carbocycles. The summed E-state index contributed by atoms with van der Waals surface area (Å²) in [4.78, 5) is 1.23. The summed E-state index contributed by atoms with van der Waals surface area (Å²) in [7, 11) is 0. The number of nitriles is 1. The minimum absolute atomic E-state index is 0.383. The first-order valence-electron chi connectivity index (χ1n) is 7.18. The van der Waals surface area contributed by atoms with Crippen LogP contribution in [-0.2, 0) is 5.75 Å². The Morgan fingerprint density at radius 3 is 2.52 bits per heavy atom. The highest BCUT2D eigenvalue weighted by molar-refractivity contribution is 7.98. The molecule has 0 fully saturated rings. The van der Waals surface area contributed by atoms with Crippen LogP contribution in [0.15, 0.2) is 53.4 Å². The summed E-state index contributed by atoms with van der Waals surface area (Å²) in [5.74, 6) is 0.825. The number of rotatable bonds is 6. The van der Waals surface area contributed by atoms with Crippen molar-refractivity contribution in [2.45, 2.75) is 30.5 Å². The van der Waals surface area contributed by atoms with Crippen LogP contribution in [-0.4, -0.2) is 6.54 Å². The molecule has 0 aromatic heterocycles. The van der Waals surface area contributed by atoms with Crippen LogP contribution in [0.3, 0.4) is 0 Å². The van der Waals surface area contributed by atoms with Gasteiger partial charge in [-0.3, -0.25) is 0 Å². The average Bonchev–Trinajstić information content (AvgIpc) is 2.54. The standard InChI is InChI=1S/C18H20N2S/c1-3-20-14(2)15-8-10-18(11-9-15)21-13-17-7-5-4-6-16(17)12-19/h4-11,14,20H,3,13H2,1-2H3. The molecule has 0 aliphatic carbocycles. The van der Waals surface area contributed by atoms with Gasteiger partial charge in [-0.15, -0.1) is 11.8 Å². The van der Waals surface area contributed by atoms with E-state index in [0.717, 1.165) is 23.4 Å². The van der Waals surface area contributed by atoms with Gasteiger partial charge in [0.05, 0.1) is 11.6 Å². The van der Waals surface area contributed by atoms with Crippen LogP contribution in [0.2, 0.25) is 0 Å². The fourth-order valence-corrected chi connectivity index (χ4v) is 3.10. The molecule has 3 heteroatoms. The zero-order valence-electron chi connectivity index (χ0n) is 12.5. The summed E-state index contributed by atoms with van der Waals surface area (Å²) in [6.45, 7) is 5.27. The van der Waals surface area contributed by atoms with Crippen molar-refractivity contribution in [3.05, 3.63) is 65.2 Å². The van der Waals surface area contributed by atoms with Gasteiger partial charge in [-0.2, -0.15) is 5.26 Å². The minimum Gasteiger partial charge on any atom is -0.310 e. The van der Waals surface area contributed by atoms with E-state index in [1.165, 1.54) is 10.5 Å². The van der Waals surface area contributed by atoms with E-state index in [9.17, 15) is 0 Å². The van der Waals surface area contributed by atoms with Gasteiger partial charge < -0.3 is 5.32 Å². The smallest absolute Gasteiger partial charge is 0.0994 e. The van der Waals surface area contributed by atoms with Crippen LogP contribution < -0.4 is 5.32 Å². The Hall–Kier alpha value is -1.76. The molecule has 0 amide bonds. The van der Waals surface area contributed by atoms with E-state index in [4.69, 9.17) is 5.26 Å². The summed E-state index contributed by atoms with van der Waals surface area (Å²) >= 11 is 1.77. The van der Waals surface area contributed by atoms with E-state index in [1.54, 1.807) is 11.8 Å². The lowest BCUT2D eigenvalue weighted by Gasteiger charge is -2.13. The van der Waals surface area contributed by atoms with Crippen LogP contribution in [0.5, 0.6) is 0 Å². The van der Waals surface area contributed by atoms with Crippen molar-refractivity contribution < 1.29 is 0 Å². The molecule has 0 bridgehead atoms. The fraction of sp³-hybridized carbons (Fsp3) is 0.278. The summed E-state index contributed by atoms with van der Waals surface area (Å²) in [5, 5.41) is 12.5. The molecule has 2 aromatic rings. The number of thioether (sulfide) groups is 1. The lowest BCUT2D eigenvalue weighted by molar-refractivity contribution is 0.598. The number of nitrogens with zero attached hydrogens (tertiary/aromatic N) is 1. The molecule has 0 aliphatic heterocycles. The maximum atomic E-state index is 9.10. The summed E-state index contributed by atoms with van der Waals surface area (Å²) in [5.41, 5.74) is 3.16. The second-order valence-corrected chi connectivity index (χ2v) is 5.95. The van der Waals surface area contributed by atoms with Crippen LogP contribution in [0.25, 0.3) is 0 Å². The highest BCUT2D eigenvalue weighted by Crippen LogP contribution is 2.25. The van der Waals surface area contributed by atoms with Crippen molar-refractivity contribution in [2.24, 2.45) is 0 Å². The normalized spacial score (nSPS) is 11.9. The van der Waals surface area contributed by atoms with Crippen molar-refractivity contribution in [1.29, 1.82) is 5.26 Å². The minimum atomic E-state index is 0.383. The Morgan fingerprint density at radius 2 is 1.86 bits per heavy atom. The highest BCUT2D eigenvalue weighted by Gasteiger charge is 2.05. The van der Waals surface area contributed by atoms with E-state index >= 15 is 0 Å². The lowest BCUT2D eigenvalue weighted by Crippen LogP contribution is -2.17. The van der Waals surface area contributed by atoms with Crippen LogP contribution in [0.4, 0.5) is 0 Å². The summed E-state index contributed by atoms with van der Waals surface area (Å²) in [6, 6.07) is 19.1. The van der Waals surface area contributed by atoms with E-state index in [2.05, 4.69) is 49.5 Å². The first-order valence-corrected chi connectivity index (χ1v) is 8.17. The first kappa shape index (κ1) is 15.6. The third-order valence-electron chi connectivity index (χ3n) is 3.42. The van der Waals surface area contributed by atoms with Crippen molar-refractivity contribution in [1.82, 2.24) is 5.32 Å². The van der Waals surface area contributed by atoms with Gasteiger partial charge in [-0.05, 0) is 42.8 Å². The number of hydrogen-bond donors (Lipinski definition) is 1. The van der Waals surface area contributed by atoms with Gasteiger partial charge >= 0.3 is 0 Å². The Bertz CT molecular complexity index is 614. The molecule has 108 valence electrons. The molecular weight excluding hydrogens is 276 g/mol. The van der Waals surface area contributed by atoms with E-state index in [0.29, 0.717) is 6.04 Å². The Kier molecular flexibility index (Phi) is 5.86. The molecule has 0 radical (unpaired) electrons. The molecule has 1 N–H and O–H groups in total. The van der Waals surface area contributed by atoms with E-state index < -0.39 is 0 Å². The zero-order valence-corrected chi connectivity index (χ0v) is 13.3. The van der Waals surface area contributed by atoms with Gasteiger partial charge in [-0.25, -0.2) is 0 Å². The van der Waals surface area contributed by atoms with E-state index in [1.807, 2.05) is 24.3 Å². The summed E-state index contributed by atoms with van der Waals surface area (Å²) < 4.78 is 0. The second-order valence-electron chi connectivity index (χ2n) is 4.91. The first-order chi connectivity index (χ1) is 10.2. The predicted octanol–water partition coefficient (Wildman–Crippen LogP) is 4.52. The zero-order chi connectivity index (χ0) is 15.1. The van der Waals surface area contributed by atoms with Crippen molar-refractivity contribution >= 4 is 11.8 Å². The Labute approximate surface area is 131 Å². The monoisotopic (exact) mass is 296 g/mol. The topological polar surface area (TPSA) is 35.8 Å². The number of hydrogen-bond acceptors (Lipinski definition) is 3. The third-order valence-corrected chi connectivity index (χ3v) is 4.48. The highest BCUT2D eigenvalue weighted by atomic mass is 32.2. The number of benzene rings is 2. The van der Waals surface area contributed by atoms with Crippen LogP contribution in [0.1, 0.15) is 36.6 Å². The maximum absolute atomic E-state index is 9.10. The van der Waals surface area contributed by atoms with Gasteiger partial charge in [0.25, 0.3) is 0 Å². The Balaban J connectivity index is 1.99.